The third kappa shape index (κ3) is 2.51. The van der Waals surface area contributed by atoms with E-state index in [4.69, 9.17) is 11.5 Å². The first-order valence-corrected chi connectivity index (χ1v) is 2.93. The normalized spacial score (nSPS) is 26.3. The topological polar surface area (TPSA) is 47.6 Å². The molecule has 0 radical (unpaired) electrons. The van der Waals surface area contributed by atoms with E-state index in [9.17, 15) is 0 Å². The van der Waals surface area contributed by atoms with Crippen LogP contribution in [0, 0.1) is 0 Å². The summed E-state index contributed by atoms with van der Waals surface area (Å²) < 4.78 is 0. The Hall–Kier alpha value is 0.188. The molecular formula is C6H10N2Pt. The van der Waals surface area contributed by atoms with Crippen molar-refractivity contribution in [3.05, 3.63) is 23.2 Å². The molecule has 1 aliphatic carbocycles. The maximum Gasteiger partial charge on any atom is 2.00 e. The molecule has 0 spiro atoms. The molecule has 0 aromatic rings. The first kappa shape index (κ1) is 9.19. The van der Waals surface area contributed by atoms with Gasteiger partial charge in [-0.3, -0.25) is 0 Å². The zero-order chi connectivity index (χ0) is 5.98. The van der Waals surface area contributed by atoms with Crippen LogP contribution in [0.25, 0.3) is 11.5 Å². The first-order chi connectivity index (χ1) is 3.80. The van der Waals surface area contributed by atoms with Crippen molar-refractivity contribution in [2.75, 3.05) is 0 Å². The van der Waals surface area contributed by atoms with Gasteiger partial charge in [0.2, 0.25) is 0 Å². The van der Waals surface area contributed by atoms with Crippen molar-refractivity contribution < 1.29 is 21.1 Å². The second-order valence-electron chi connectivity index (χ2n) is 2.14. The number of hydrogen-bond donors (Lipinski definition) is 0. The van der Waals surface area contributed by atoms with Gasteiger partial charge in [0.05, 0.1) is 0 Å². The second-order valence-corrected chi connectivity index (χ2v) is 2.14. The van der Waals surface area contributed by atoms with E-state index in [1.54, 1.807) is 0 Å². The Bertz CT molecular complexity index is 112. The van der Waals surface area contributed by atoms with Crippen molar-refractivity contribution in [2.45, 2.75) is 25.3 Å². The van der Waals surface area contributed by atoms with Crippen LogP contribution < -0.4 is 0 Å². The zero-order valence-corrected chi connectivity index (χ0v) is 7.36. The molecule has 1 aliphatic rings. The van der Waals surface area contributed by atoms with Crippen LogP contribution in [-0.2, 0) is 21.1 Å². The second kappa shape index (κ2) is 4.08. The summed E-state index contributed by atoms with van der Waals surface area (Å²) >= 11 is 0. The molecule has 0 heterocycles. The molecule has 2 nitrogen and oxygen atoms in total. The van der Waals surface area contributed by atoms with Gasteiger partial charge in [-0.25, -0.2) is 0 Å². The van der Waals surface area contributed by atoms with Crippen LogP contribution in [0.2, 0.25) is 0 Å². The van der Waals surface area contributed by atoms with Crippen LogP contribution >= 0.6 is 0 Å². The summed E-state index contributed by atoms with van der Waals surface area (Å²) in [5.74, 6) is 0. The maximum absolute atomic E-state index is 7.22. The van der Waals surface area contributed by atoms with Crippen LogP contribution in [0.1, 0.15) is 19.3 Å². The van der Waals surface area contributed by atoms with E-state index in [0.717, 1.165) is 19.3 Å². The van der Waals surface area contributed by atoms with E-state index in [2.05, 4.69) is 0 Å². The van der Waals surface area contributed by atoms with E-state index in [1.165, 1.54) is 0 Å². The number of rotatable bonds is 0. The van der Waals surface area contributed by atoms with E-state index in [-0.39, 0.29) is 27.1 Å². The Kier molecular flexibility index (Phi) is 4.16. The number of nitrogens with one attached hydrogen (secondary N) is 2. The standard InChI is InChI=1S/C6H10N2.Pt/c7-5-3-1-2-4-6(5)8;/h3,6-8H,1-2,4H2;/q-2;+2/t6-;/m1./s1. The van der Waals surface area contributed by atoms with Crippen LogP contribution in [0.5, 0.6) is 0 Å². The van der Waals surface area contributed by atoms with Crippen molar-refractivity contribution >= 4 is 0 Å². The molecule has 0 fully saturated rings. The molecule has 1 atom stereocenters. The molecule has 54 valence electrons. The molecule has 1 rings (SSSR count). The largest absolute Gasteiger partial charge is 2.00 e. The monoisotopic (exact) mass is 305 g/mol. The summed E-state index contributed by atoms with van der Waals surface area (Å²) in [4.78, 5) is 0. The van der Waals surface area contributed by atoms with Crippen LogP contribution in [0.3, 0.4) is 0 Å². The van der Waals surface area contributed by atoms with Crippen molar-refractivity contribution in [3.8, 4) is 0 Å². The van der Waals surface area contributed by atoms with Gasteiger partial charge in [-0.1, -0.05) is 12.8 Å². The SMILES string of the molecule is [NH-]C1=CCCC[C@H]1[NH-].[Pt+2]. The summed E-state index contributed by atoms with van der Waals surface area (Å²) in [5.41, 5.74) is 14.9. The van der Waals surface area contributed by atoms with Crippen molar-refractivity contribution in [1.29, 1.82) is 0 Å². The fraction of sp³-hybridized carbons (Fsp3) is 0.667. The first-order valence-electron chi connectivity index (χ1n) is 2.93. The molecular weight excluding hydrogens is 295 g/mol. The third-order valence-electron chi connectivity index (χ3n) is 1.44. The summed E-state index contributed by atoms with van der Waals surface area (Å²) in [7, 11) is 0. The van der Waals surface area contributed by atoms with Crippen LogP contribution in [-0.4, -0.2) is 6.04 Å². The van der Waals surface area contributed by atoms with Gasteiger partial charge in [0.1, 0.15) is 0 Å². The van der Waals surface area contributed by atoms with Crippen molar-refractivity contribution in [2.24, 2.45) is 0 Å². The minimum atomic E-state index is -0.219. The van der Waals surface area contributed by atoms with E-state index in [0.29, 0.717) is 5.70 Å². The van der Waals surface area contributed by atoms with Crippen LogP contribution in [0.15, 0.2) is 11.8 Å². The van der Waals surface area contributed by atoms with Gasteiger partial charge in [0.25, 0.3) is 0 Å². The molecule has 9 heavy (non-hydrogen) atoms. The minimum Gasteiger partial charge on any atom is -0.704 e. The Labute approximate surface area is 69.9 Å². The Morgan fingerprint density at radius 2 is 2.22 bits per heavy atom. The van der Waals surface area contributed by atoms with Gasteiger partial charge < -0.3 is 11.5 Å². The Morgan fingerprint density at radius 3 is 2.56 bits per heavy atom. The molecule has 3 heteroatoms. The van der Waals surface area contributed by atoms with Crippen molar-refractivity contribution in [1.82, 2.24) is 0 Å². The summed E-state index contributed by atoms with van der Waals surface area (Å²) in [6.45, 7) is 0. The van der Waals surface area contributed by atoms with E-state index in [1.807, 2.05) is 6.08 Å². The zero-order valence-electron chi connectivity index (χ0n) is 5.09. The molecule has 0 aromatic carbocycles. The number of allylic oxidation sites excluding steroid dienone is 1. The van der Waals surface area contributed by atoms with Crippen LogP contribution in [0.4, 0.5) is 0 Å². The third-order valence-corrected chi connectivity index (χ3v) is 1.44. The quantitative estimate of drug-likeness (QED) is 0.660. The minimum absolute atomic E-state index is 0. The maximum atomic E-state index is 7.22. The summed E-state index contributed by atoms with van der Waals surface area (Å²) in [6.07, 6.45) is 4.83. The predicted octanol–water partition coefficient (Wildman–Crippen LogP) is 2.52. The summed E-state index contributed by atoms with van der Waals surface area (Å²) in [6, 6.07) is -0.219. The summed E-state index contributed by atoms with van der Waals surface area (Å²) in [5, 5.41) is 0. The smallest absolute Gasteiger partial charge is 0.704 e. The van der Waals surface area contributed by atoms with Gasteiger partial charge in [0, 0.05) is 0 Å². The van der Waals surface area contributed by atoms with Gasteiger partial charge in [-0.05, 0) is 6.42 Å². The van der Waals surface area contributed by atoms with E-state index < -0.39 is 0 Å². The molecule has 0 aliphatic heterocycles. The molecule has 0 unspecified atom stereocenters. The molecule has 2 N–H and O–H groups in total. The molecule has 0 saturated heterocycles. The average Bonchev–Trinajstić information content (AvgIpc) is 1.77. The average molecular weight is 305 g/mol. The molecule has 0 saturated carbocycles. The Morgan fingerprint density at radius 1 is 1.56 bits per heavy atom. The van der Waals surface area contributed by atoms with Gasteiger partial charge >= 0.3 is 21.1 Å². The fourth-order valence-electron chi connectivity index (χ4n) is 0.877. The molecule has 0 amide bonds. The predicted molar refractivity (Wildman–Crippen MR) is 34.4 cm³/mol. The van der Waals surface area contributed by atoms with Gasteiger partial charge in [-0.2, -0.15) is 5.70 Å². The molecule has 0 bridgehead atoms. The number of hydrogen-bond acceptors (Lipinski definition) is 0. The fourth-order valence-corrected chi connectivity index (χ4v) is 0.877. The van der Waals surface area contributed by atoms with Gasteiger partial charge in [0.15, 0.2) is 0 Å². The van der Waals surface area contributed by atoms with Crippen molar-refractivity contribution in [3.63, 3.8) is 0 Å². The molecule has 0 aromatic heterocycles. The Balaban J connectivity index is 0.000000640. The van der Waals surface area contributed by atoms with E-state index >= 15 is 0 Å². The van der Waals surface area contributed by atoms with Gasteiger partial charge in [-0.15, -0.1) is 12.1 Å².